The Hall–Kier alpha value is -1.03. The second kappa shape index (κ2) is 10.8. The lowest BCUT2D eigenvalue weighted by atomic mass is 10.1. The number of ether oxygens (including phenoxy) is 1. The zero-order valence-corrected chi connectivity index (χ0v) is 18.0. The van der Waals surface area contributed by atoms with Gasteiger partial charge in [-0.15, -0.1) is 24.0 Å². The summed E-state index contributed by atoms with van der Waals surface area (Å²) in [4.78, 5) is 6.61. The van der Waals surface area contributed by atoms with Crippen LogP contribution in [0.15, 0.2) is 35.3 Å². The van der Waals surface area contributed by atoms with Crippen LogP contribution < -0.4 is 10.1 Å². The van der Waals surface area contributed by atoms with Crippen molar-refractivity contribution in [2.24, 2.45) is 10.9 Å². The molecule has 1 aromatic carbocycles. The van der Waals surface area contributed by atoms with E-state index in [1.54, 1.807) is 0 Å². The first-order valence-electron chi connectivity index (χ1n) is 8.38. The monoisotopic (exact) mass is 481 g/mol. The predicted octanol–water partition coefficient (Wildman–Crippen LogP) is 2.02. The highest BCUT2D eigenvalue weighted by Gasteiger charge is 2.27. The predicted molar refractivity (Wildman–Crippen MR) is 113 cm³/mol. The molecule has 8 heteroatoms. The molecule has 25 heavy (non-hydrogen) atoms. The highest BCUT2D eigenvalue weighted by Crippen LogP contribution is 2.18. The Kier molecular flexibility index (Phi) is 9.55. The van der Waals surface area contributed by atoms with Crippen molar-refractivity contribution in [2.75, 3.05) is 44.8 Å². The second-order valence-corrected chi connectivity index (χ2v) is 8.28. The molecule has 1 heterocycles. The number of guanidine groups is 1. The lowest BCUT2D eigenvalue weighted by Crippen LogP contribution is -2.41. The number of hydrogen-bond acceptors (Lipinski definition) is 4. The fourth-order valence-corrected chi connectivity index (χ4v) is 4.47. The van der Waals surface area contributed by atoms with Gasteiger partial charge in [-0.1, -0.05) is 18.2 Å². The van der Waals surface area contributed by atoms with E-state index in [0.29, 0.717) is 31.9 Å². The fourth-order valence-electron chi connectivity index (χ4n) is 2.62. The van der Waals surface area contributed by atoms with Gasteiger partial charge in [-0.25, -0.2) is 8.42 Å². The molecule has 0 bridgehead atoms. The van der Waals surface area contributed by atoms with Crippen molar-refractivity contribution >= 4 is 39.8 Å². The topological polar surface area (TPSA) is 71.0 Å². The number of likely N-dealkylation sites (N-methyl/N-ethyl adjacent to an activating group) is 1. The summed E-state index contributed by atoms with van der Waals surface area (Å²) < 4.78 is 28.8. The quantitative estimate of drug-likeness (QED) is 0.367. The first-order chi connectivity index (χ1) is 11.5. The maximum Gasteiger partial charge on any atom is 0.193 e. The van der Waals surface area contributed by atoms with Crippen LogP contribution in [0.4, 0.5) is 0 Å². The van der Waals surface area contributed by atoms with E-state index in [0.717, 1.165) is 18.3 Å². The second-order valence-electron chi connectivity index (χ2n) is 6.05. The van der Waals surface area contributed by atoms with E-state index in [-0.39, 0.29) is 35.6 Å². The summed E-state index contributed by atoms with van der Waals surface area (Å²) in [6.07, 6.45) is 0.714. The summed E-state index contributed by atoms with van der Waals surface area (Å²) in [7, 11) is -0.884. The number of aliphatic imine (C=N–C) groups is 1. The Balaban J connectivity index is 0.00000312. The van der Waals surface area contributed by atoms with E-state index in [9.17, 15) is 8.42 Å². The van der Waals surface area contributed by atoms with Crippen molar-refractivity contribution < 1.29 is 13.2 Å². The van der Waals surface area contributed by atoms with Crippen molar-refractivity contribution in [1.29, 1.82) is 0 Å². The van der Waals surface area contributed by atoms with Gasteiger partial charge in [0.05, 0.1) is 18.1 Å². The minimum absolute atomic E-state index is 0. The number of para-hydroxylation sites is 1. The van der Waals surface area contributed by atoms with Crippen molar-refractivity contribution in [1.82, 2.24) is 10.2 Å². The number of nitrogens with one attached hydrogen (secondary N) is 1. The largest absolute Gasteiger partial charge is 0.492 e. The zero-order chi connectivity index (χ0) is 17.4. The Morgan fingerprint density at radius 3 is 2.68 bits per heavy atom. The van der Waals surface area contributed by atoms with Gasteiger partial charge in [0.25, 0.3) is 0 Å². The maximum atomic E-state index is 11.5. The summed E-state index contributed by atoms with van der Waals surface area (Å²) in [6, 6.07) is 9.71. The third-order valence-electron chi connectivity index (χ3n) is 3.96. The minimum atomic E-state index is -2.84. The van der Waals surface area contributed by atoms with Gasteiger partial charge >= 0.3 is 0 Å². The van der Waals surface area contributed by atoms with Crippen molar-refractivity contribution in [3.63, 3.8) is 0 Å². The van der Waals surface area contributed by atoms with Crippen LogP contribution in [-0.2, 0) is 9.84 Å². The van der Waals surface area contributed by atoms with Crippen LogP contribution in [0.25, 0.3) is 0 Å². The summed E-state index contributed by atoms with van der Waals surface area (Å²) >= 11 is 0. The molecule has 1 aliphatic heterocycles. The molecule has 142 valence electrons. The van der Waals surface area contributed by atoms with E-state index in [4.69, 9.17) is 4.74 Å². The molecule has 1 fully saturated rings. The first-order valence-corrected chi connectivity index (χ1v) is 10.2. The molecule has 0 saturated carbocycles. The van der Waals surface area contributed by atoms with Gasteiger partial charge in [-0.05, 0) is 31.4 Å². The normalized spacial score (nSPS) is 19.1. The smallest absolute Gasteiger partial charge is 0.193 e. The number of benzene rings is 1. The Labute approximate surface area is 168 Å². The highest BCUT2D eigenvalue weighted by molar-refractivity contribution is 14.0. The fraction of sp³-hybridized carbons (Fsp3) is 0.588. The SMILES string of the molecule is CCNC(=NCC1CCS(=O)(=O)C1)N(C)CCOc1ccccc1.I. The summed E-state index contributed by atoms with van der Waals surface area (Å²) in [5, 5.41) is 3.25. The van der Waals surface area contributed by atoms with Crippen molar-refractivity contribution in [3.05, 3.63) is 30.3 Å². The molecule has 0 radical (unpaired) electrons. The molecule has 1 atom stereocenters. The summed E-state index contributed by atoms with van der Waals surface area (Å²) in [5.41, 5.74) is 0. The van der Waals surface area contributed by atoms with E-state index in [1.807, 2.05) is 49.2 Å². The van der Waals surface area contributed by atoms with E-state index in [1.165, 1.54) is 0 Å². The van der Waals surface area contributed by atoms with Crippen molar-refractivity contribution in [3.8, 4) is 5.75 Å². The van der Waals surface area contributed by atoms with Crippen LogP contribution in [0.2, 0.25) is 0 Å². The van der Waals surface area contributed by atoms with Crippen LogP contribution in [-0.4, -0.2) is 64.1 Å². The molecule has 0 spiro atoms. The molecule has 1 N–H and O–H groups in total. The average molecular weight is 481 g/mol. The number of halogens is 1. The molecular formula is C17H28IN3O3S. The Morgan fingerprint density at radius 1 is 1.36 bits per heavy atom. The number of rotatable bonds is 7. The van der Waals surface area contributed by atoms with E-state index in [2.05, 4.69) is 10.3 Å². The van der Waals surface area contributed by atoms with Gasteiger partial charge in [0, 0.05) is 20.1 Å². The molecule has 0 amide bonds. The van der Waals surface area contributed by atoms with Gasteiger partial charge in [0.2, 0.25) is 0 Å². The van der Waals surface area contributed by atoms with Crippen LogP contribution in [0, 0.1) is 5.92 Å². The average Bonchev–Trinajstić information content (AvgIpc) is 2.91. The molecule has 1 aliphatic rings. The van der Waals surface area contributed by atoms with Gasteiger partial charge in [-0.3, -0.25) is 4.99 Å². The molecule has 1 saturated heterocycles. The van der Waals surface area contributed by atoms with E-state index >= 15 is 0 Å². The van der Waals surface area contributed by atoms with Gasteiger partial charge < -0.3 is 15.0 Å². The van der Waals surface area contributed by atoms with Crippen LogP contribution in [0.1, 0.15) is 13.3 Å². The molecule has 6 nitrogen and oxygen atoms in total. The Morgan fingerprint density at radius 2 is 2.08 bits per heavy atom. The molecule has 1 aromatic rings. The number of nitrogens with zero attached hydrogens (tertiary/aromatic N) is 2. The van der Waals surface area contributed by atoms with Gasteiger partial charge in [-0.2, -0.15) is 0 Å². The standard InChI is InChI=1S/C17H27N3O3S.HI/c1-3-18-17(19-13-15-9-12-24(21,22)14-15)20(2)10-11-23-16-7-5-4-6-8-16;/h4-8,15H,3,9-14H2,1-2H3,(H,18,19);1H. The summed E-state index contributed by atoms with van der Waals surface area (Å²) in [5.74, 6) is 2.33. The lowest BCUT2D eigenvalue weighted by Gasteiger charge is -2.22. The number of hydrogen-bond donors (Lipinski definition) is 1. The first kappa shape index (κ1) is 22.0. The van der Waals surface area contributed by atoms with Crippen LogP contribution in [0.3, 0.4) is 0 Å². The van der Waals surface area contributed by atoms with Gasteiger partial charge in [0.1, 0.15) is 12.4 Å². The Bertz CT molecular complexity index is 638. The van der Waals surface area contributed by atoms with Gasteiger partial charge in [0.15, 0.2) is 15.8 Å². The minimum Gasteiger partial charge on any atom is -0.492 e. The molecular weight excluding hydrogens is 453 g/mol. The maximum absolute atomic E-state index is 11.5. The highest BCUT2D eigenvalue weighted by atomic mass is 127. The van der Waals surface area contributed by atoms with Crippen LogP contribution in [0.5, 0.6) is 5.75 Å². The zero-order valence-electron chi connectivity index (χ0n) is 14.8. The number of sulfone groups is 1. The molecule has 0 aliphatic carbocycles. The molecule has 1 unspecified atom stereocenters. The third-order valence-corrected chi connectivity index (χ3v) is 5.80. The van der Waals surface area contributed by atoms with E-state index < -0.39 is 9.84 Å². The van der Waals surface area contributed by atoms with Crippen molar-refractivity contribution in [2.45, 2.75) is 13.3 Å². The van der Waals surface area contributed by atoms with Crippen LogP contribution >= 0.6 is 24.0 Å². The molecule has 0 aromatic heterocycles. The molecule has 2 rings (SSSR count). The third kappa shape index (κ3) is 7.81. The summed E-state index contributed by atoms with van der Waals surface area (Å²) in [6.45, 7) is 4.59. The lowest BCUT2D eigenvalue weighted by molar-refractivity contribution is 0.281.